The van der Waals surface area contributed by atoms with Gasteiger partial charge in [-0.05, 0) is 23.8 Å². The maximum Gasteiger partial charge on any atom is 0.416 e. The lowest BCUT2D eigenvalue weighted by molar-refractivity contribution is -0.107. The van der Waals surface area contributed by atoms with Gasteiger partial charge in [0.15, 0.2) is 6.23 Å². The summed E-state index contributed by atoms with van der Waals surface area (Å²) in [5, 5.41) is 20.4. The second-order valence-electron chi connectivity index (χ2n) is 6.74. The number of aromatic nitrogens is 1. The van der Waals surface area contributed by atoms with Gasteiger partial charge in [-0.25, -0.2) is 9.78 Å². The number of nitrogens with one attached hydrogen (secondary N) is 1. The van der Waals surface area contributed by atoms with Gasteiger partial charge in [0.25, 0.3) is 0 Å². The zero-order chi connectivity index (χ0) is 21.7. The van der Waals surface area contributed by atoms with Gasteiger partial charge in [0.2, 0.25) is 0 Å². The minimum absolute atomic E-state index is 0.0819. The molecule has 0 bridgehead atoms. The number of nitriles is 1. The lowest BCUT2D eigenvalue weighted by atomic mass is 10.1. The predicted octanol–water partition coefficient (Wildman–Crippen LogP) is 1.90. The van der Waals surface area contributed by atoms with E-state index < -0.39 is 24.1 Å². The summed E-state index contributed by atoms with van der Waals surface area (Å²) in [6, 6.07) is 5.43. The number of carbonyl (C=O) groups excluding carboxylic acids is 1. The number of amides is 1. The number of aliphatic hydroxyl groups is 1. The van der Waals surface area contributed by atoms with Gasteiger partial charge in [0.1, 0.15) is 11.9 Å². The van der Waals surface area contributed by atoms with Gasteiger partial charge in [0, 0.05) is 45.0 Å². The van der Waals surface area contributed by atoms with Crippen LogP contribution in [0.25, 0.3) is 0 Å². The Morgan fingerprint density at radius 2 is 2.07 bits per heavy atom. The Morgan fingerprint density at radius 1 is 1.33 bits per heavy atom. The number of pyridine rings is 1. The van der Waals surface area contributed by atoms with Gasteiger partial charge >= 0.3 is 12.3 Å². The van der Waals surface area contributed by atoms with Gasteiger partial charge in [-0.1, -0.05) is 0 Å². The molecule has 8 nitrogen and oxygen atoms in total. The number of allylic oxidation sites excluding steroid dienone is 1. The first-order valence-corrected chi connectivity index (χ1v) is 9.22. The van der Waals surface area contributed by atoms with E-state index in [-0.39, 0.29) is 18.6 Å². The summed E-state index contributed by atoms with van der Waals surface area (Å²) in [7, 11) is 0. The highest BCUT2D eigenvalue weighted by Gasteiger charge is 2.39. The molecule has 11 heteroatoms. The van der Waals surface area contributed by atoms with Crippen molar-refractivity contribution in [1.82, 2.24) is 15.2 Å². The Kier molecular flexibility index (Phi) is 6.47. The molecule has 1 aromatic rings. The SMILES string of the molecule is N#Cc1ccc(N2CCN(C(=O)OCCC3=CNC(O)C(C(F)(F)F)=C3)CC2)nc1. The Labute approximate surface area is 170 Å². The van der Waals surface area contributed by atoms with Gasteiger partial charge in [-0.2, -0.15) is 18.4 Å². The quantitative estimate of drug-likeness (QED) is 0.763. The molecule has 1 atom stereocenters. The highest BCUT2D eigenvalue weighted by molar-refractivity contribution is 5.68. The van der Waals surface area contributed by atoms with E-state index in [9.17, 15) is 23.1 Å². The average Bonchev–Trinajstić information content (AvgIpc) is 2.74. The first-order valence-electron chi connectivity index (χ1n) is 9.22. The monoisotopic (exact) mass is 423 g/mol. The van der Waals surface area contributed by atoms with Crippen LogP contribution in [0.15, 0.2) is 41.8 Å². The lowest BCUT2D eigenvalue weighted by Gasteiger charge is -2.34. The van der Waals surface area contributed by atoms with Crippen LogP contribution in [0.4, 0.5) is 23.8 Å². The number of rotatable bonds is 4. The number of carbonyl (C=O) groups is 1. The third-order valence-electron chi connectivity index (χ3n) is 4.74. The summed E-state index contributed by atoms with van der Waals surface area (Å²) < 4.78 is 43.7. The molecule has 0 saturated carbocycles. The number of halogens is 3. The molecule has 0 spiro atoms. The molecule has 2 aliphatic heterocycles. The maximum absolute atomic E-state index is 12.8. The van der Waals surface area contributed by atoms with Crippen LogP contribution in [0.1, 0.15) is 12.0 Å². The molecular formula is C19H20F3N5O3. The predicted molar refractivity (Wildman–Crippen MR) is 100 cm³/mol. The van der Waals surface area contributed by atoms with Crippen LogP contribution in [-0.2, 0) is 4.74 Å². The summed E-state index contributed by atoms with van der Waals surface area (Å²) >= 11 is 0. The number of dihydropyridines is 1. The molecule has 1 aromatic heterocycles. The summed E-state index contributed by atoms with van der Waals surface area (Å²) in [6.07, 6.45) is -3.28. The molecule has 2 N–H and O–H groups in total. The molecule has 30 heavy (non-hydrogen) atoms. The van der Waals surface area contributed by atoms with Crippen molar-refractivity contribution < 1.29 is 27.8 Å². The smallest absolute Gasteiger partial charge is 0.416 e. The summed E-state index contributed by atoms with van der Waals surface area (Å²) in [5.74, 6) is 0.716. The Hall–Kier alpha value is -3.26. The van der Waals surface area contributed by atoms with Crippen LogP contribution < -0.4 is 10.2 Å². The third-order valence-corrected chi connectivity index (χ3v) is 4.74. The van der Waals surface area contributed by atoms with Crippen LogP contribution in [0.3, 0.4) is 0 Å². The summed E-state index contributed by atoms with van der Waals surface area (Å²) in [6.45, 7) is 1.82. The Bertz CT molecular complexity index is 869. The van der Waals surface area contributed by atoms with Gasteiger partial charge in [-0.15, -0.1) is 0 Å². The molecule has 1 saturated heterocycles. The molecular weight excluding hydrogens is 403 g/mol. The maximum atomic E-state index is 12.8. The van der Waals surface area contributed by atoms with E-state index in [0.29, 0.717) is 37.6 Å². The van der Waals surface area contributed by atoms with E-state index in [1.54, 1.807) is 12.1 Å². The van der Waals surface area contributed by atoms with E-state index in [1.165, 1.54) is 17.3 Å². The molecule has 0 radical (unpaired) electrons. The Morgan fingerprint density at radius 3 is 2.67 bits per heavy atom. The van der Waals surface area contributed by atoms with E-state index in [1.807, 2.05) is 11.0 Å². The summed E-state index contributed by atoms with van der Waals surface area (Å²) in [5.41, 5.74) is -0.341. The van der Waals surface area contributed by atoms with Crippen molar-refractivity contribution in [3.63, 3.8) is 0 Å². The fraction of sp³-hybridized carbons (Fsp3) is 0.421. The number of aliphatic hydroxyl groups excluding tert-OH is 1. The van der Waals surface area contributed by atoms with Crippen molar-refractivity contribution >= 4 is 11.9 Å². The first-order chi connectivity index (χ1) is 14.3. The molecule has 3 heterocycles. The summed E-state index contributed by atoms with van der Waals surface area (Å²) in [4.78, 5) is 19.9. The van der Waals surface area contributed by atoms with Crippen LogP contribution >= 0.6 is 0 Å². The van der Waals surface area contributed by atoms with E-state index in [4.69, 9.17) is 10.00 Å². The van der Waals surface area contributed by atoms with Crippen molar-refractivity contribution in [2.24, 2.45) is 0 Å². The molecule has 160 valence electrons. The molecule has 1 unspecified atom stereocenters. The largest absolute Gasteiger partial charge is 0.449 e. The fourth-order valence-corrected chi connectivity index (χ4v) is 3.08. The van der Waals surface area contributed by atoms with Crippen molar-refractivity contribution in [2.45, 2.75) is 18.8 Å². The third kappa shape index (κ3) is 5.21. The number of piperazine rings is 1. The fourth-order valence-electron chi connectivity index (χ4n) is 3.08. The van der Waals surface area contributed by atoms with Crippen molar-refractivity contribution in [3.05, 3.63) is 47.3 Å². The molecule has 1 amide bonds. The van der Waals surface area contributed by atoms with Gasteiger partial charge < -0.3 is 25.0 Å². The van der Waals surface area contributed by atoms with Crippen molar-refractivity contribution in [3.8, 4) is 6.07 Å². The van der Waals surface area contributed by atoms with E-state index in [2.05, 4.69) is 10.3 Å². The van der Waals surface area contributed by atoms with Gasteiger partial charge in [0.05, 0.1) is 17.7 Å². The Balaban J connectivity index is 1.44. The van der Waals surface area contributed by atoms with E-state index >= 15 is 0 Å². The standard InChI is InChI=1S/C19H20F3N5O3/c20-19(21,22)15-9-13(11-25-17(15)28)3-8-30-18(29)27-6-4-26(5-7-27)16-2-1-14(10-23)12-24-16/h1-2,9,11-12,17,25,28H,3-8H2. The van der Waals surface area contributed by atoms with Crippen LogP contribution in [0, 0.1) is 11.3 Å². The van der Waals surface area contributed by atoms with E-state index in [0.717, 1.165) is 6.08 Å². The number of ether oxygens (including phenoxy) is 1. The van der Waals surface area contributed by atoms with Crippen LogP contribution in [0.5, 0.6) is 0 Å². The number of alkyl halides is 3. The van der Waals surface area contributed by atoms with Crippen molar-refractivity contribution in [2.75, 3.05) is 37.7 Å². The number of hydrogen-bond donors (Lipinski definition) is 2. The molecule has 0 aromatic carbocycles. The topological polar surface area (TPSA) is 102 Å². The molecule has 0 aliphatic carbocycles. The second-order valence-corrected chi connectivity index (χ2v) is 6.74. The minimum atomic E-state index is -4.65. The number of hydrogen-bond acceptors (Lipinski definition) is 7. The van der Waals surface area contributed by atoms with Crippen LogP contribution in [-0.4, -0.2) is 66.3 Å². The number of nitrogens with zero attached hydrogens (tertiary/aromatic N) is 4. The van der Waals surface area contributed by atoms with Crippen molar-refractivity contribution in [1.29, 1.82) is 5.26 Å². The minimum Gasteiger partial charge on any atom is -0.449 e. The highest BCUT2D eigenvalue weighted by Crippen LogP contribution is 2.30. The molecule has 1 fully saturated rings. The first kappa shape index (κ1) is 21.4. The highest BCUT2D eigenvalue weighted by atomic mass is 19.4. The molecule has 3 rings (SSSR count). The van der Waals surface area contributed by atoms with Crippen LogP contribution in [0.2, 0.25) is 0 Å². The average molecular weight is 423 g/mol. The zero-order valence-electron chi connectivity index (χ0n) is 15.9. The number of anilines is 1. The zero-order valence-corrected chi connectivity index (χ0v) is 15.9. The second kappa shape index (κ2) is 9.04. The normalized spacial score (nSPS) is 19.4. The lowest BCUT2D eigenvalue weighted by Crippen LogP contribution is -2.49. The van der Waals surface area contributed by atoms with Gasteiger partial charge in [-0.3, -0.25) is 0 Å². The molecule has 2 aliphatic rings.